The summed E-state index contributed by atoms with van der Waals surface area (Å²) < 4.78 is 1.37. The van der Waals surface area contributed by atoms with Crippen molar-refractivity contribution in [2.75, 3.05) is 18.0 Å². The average molecular weight is 313 g/mol. The Kier molecular flexibility index (Phi) is 4.36. The van der Waals surface area contributed by atoms with Crippen molar-refractivity contribution in [2.45, 2.75) is 19.4 Å². The second-order valence-electron chi connectivity index (χ2n) is 5.55. The number of nitrogens with zero attached hydrogens (tertiary/aromatic N) is 4. The molecule has 0 aromatic carbocycles. The molecule has 0 atom stereocenters. The Balaban J connectivity index is 1.68. The molecule has 1 aliphatic heterocycles. The molecule has 0 aliphatic carbocycles. The average Bonchev–Trinajstić information content (AvgIpc) is 3.10. The van der Waals surface area contributed by atoms with E-state index in [1.807, 2.05) is 6.07 Å². The molecule has 7 heteroatoms. The van der Waals surface area contributed by atoms with Gasteiger partial charge in [-0.3, -0.25) is 9.59 Å². The van der Waals surface area contributed by atoms with Gasteiger partial charge >= 0.3 is 0 Å². The van der Waals surface area contributed by atoms with Crippen LogP contribution in [0.1, 0.15) is 29.0 Å². The zero-order chi connectivity index (χ0) is 16.2. The number of hydrogen-bond donors (Lipinski definition) is 1. The monoisotopic (exact) mass is 313 g/mol. The standard InChI is InChI=1S/C16H19N5O2/c1-20-8-4-5-12(16(20)23)15(22)18-11-13-17-7-6-14(19-13)21-9-2-3-10-21/h4-8H,2-3,9-11H2,1H3,(H,18,22). The number of aromatic nitrogens is 3. The first kappa shape index (κ1) is 15.2. The van der Waals surface area contributed by atoms with Crippen LogP contribution in [0.25, 0.3) is 0 Å². The lowest BCUT2D eigenvalue weighted by Gasteiger charge is -2.16. The number of carbonyl (C=O) groups is 1. The van der Waals surface area contributed by atoms with Crippen molar-refractivity contribution in [1.29, 1.82) is 0 Å². The van der Waals surface area contributed by atoms with Crippen molar-refractivity contribution in [3.05, 3.63) is 52.3 Å². The minimum absolute atomic E-state index is 0.116. The fraction of sp³-hybridized carbons (Fsp3) is 0.375. The summed E-state index contributed by atoms with van der Waals surface area (Å²) in [6.45, 7) is 2.20. The Bertz CT molecular complexity index is 765. The summed E-state index contributed by atoms with van der Waals surface area (Å²) in [7, 11) is 1.61. The fourth-order valence-electron chi connectivity index (χ4n) is 2.62. The number of amides is 1. The number of aryl methyl sites for hydroxylation is 1. The van der Waals surface area contributed by atoms with E-state index in [2.05, 4.69) is 20.2 Å². The summed E-state index contributed by atoms with van der Waals surface area (Å²) >= 11 is 0. The largest absolute Gasteiger partial charge is 0.357 e. The SMILES string of the molecule is Cn1cccc(C(=O)NCc2nccc(N3CCCC3)n2)c1=O. The quantitative estimate of drug-likeness (QED) is 0.899. The second kappa shape index (κ2) is 6.60. The summed E-state index contributed by atoms with van der Waals surface area (Å²) in [4.78, 5) is 34.9. The predicted molar refractivity (Wildman–Crippen MR) is 86.3 cm³/mol. The maximum atomic E-state index is 12.1. The molecule has 0 saturated carbocycles. The van der Waals surface area contributed by atoms with Crippen LogP contribution in [-0.4, -0.2) is 33.5 Å². The molecule has 0 spiro atoms. The maximum Gasteiger partial charge on any atom is 0.263 e. The number of pyridine rings is 1. The minimum Gasteiger partial charge on any atom is -0.357 e. The first-order chi connectivity index (χ1) is 11.1. The first-order valence-corrected chi connectivity index (χ1v) is 7.66. The fourth-order valence-corrected chi connectivity index (χ4v) is 2.62. The van der Waals surface area contributed by atoms with Gasteiger partial charge in [-0.05, 0) is 31.0 Å². The van der Waals surface area contributed by atoms with E-state index in [4.69, 9.17) is 0 Å². The van der Waals surface area contributed by atoms with Crippen molar-refractivity contribution in [3.8, 4) is 0 Å². The van der Waals surface area contributed by atoms with Crippen LogP contribution in [-0.2, 0) is 13.6 Å². The van der Waals surface area contributed by atoms with E-state index >= 15 is 0 Å². The van der Waals surface area contributed by atoms with Gasteiger partial charge in [-0.1, -0.05) is 0 Å². The highest BCUT2D eigenvalue weighted by Crippen LogP contribution is 2.16. The molecule has 3 heterocycles. The second-order valence-corrected chi connectivity index (χ2v) is 5.55. The lowest BCUT2D eigenvalue weighted by Crippen LogP contribution is -2.32. The lowest BCUT2D eigenvalue weighted by atomic mass is 10.2. The Hall–Kier alpha value is -2.70. The number of nitrogens with one attached hydrogen (secondary N) is 1. The van der Waals surface area contributed by atoms with E-state index in [0.29, 0.717) is 5.82 Å². The van der Waals surface area contributed by atoms with Crippen LogP contribution < -0.4 is 15.8 Å². The van der Waals surface area contributed by atoms with Crippen LogP contribution in [0.3, 0.4) is 0 Å². The van der Waals surface area contributed by atoms with Gasteiger partial charge in [0.25, 0.3) is 11.5 Å². The topological polar surface area (TPSA) is 80.1 Å². The molecular weight excluding hydrogens is 294 g/mol. The van der Waals surface area contributed by atoms with E-state index in [0.717, 1.165) is 18.9 Å². The summed E-state index contributed by atoms with van der Waals surface area (Å²) in [5, 5.41) is 2.71. The summed E-state index contributed by atoms with van der Waals surface area (Å²) in [6, 6.07) is 5.06. The van der Waals surface area contributed by atoms with Gasteiger partial charge in [0.1, 0.15) is 17.2 Å². The molecule has 1 N–H and O–H groups in total. The van der Waals surface area contributed by atoms with E-state index < -0.39 is 5.91 Å². The minimum atomic E-state index is -0.415. The van der Waals surface area contributed by atoms with E-state index in [-0.39, 0.29) is 17.7 Å². The molecule has 23 heavy (non-hydrogen) atoms. The van der Waals surface area contributed by atoms with Crippen LogP contribution in [0.15, 0.2) is 35.4 Å². The smallest absolute Gasteiger partial charge is 0.263 e. The van der Waals surface area contributed by atoms with Crippen LogP contribution >= 0.6 is 0 Å². The lowest BCUT2D eigenvalue weighted by molar-refractivity contribution is 0.0948. The molecule has 2 aromatic heterocycles. The van der Waals surface area contributed by atoms with Crippen LogP contribution in [0.5, 0.6) is 0 Å². The highest BCUT2D eigenvalue weighted by atomic mass is 16.2. The molecule has 1 amide bonds. The number of anilines is 1. The molecule has 0 bridgehead atoms. The molecule has 2 aromatic rings. The molecule has 3 rings (SSSR count). The highest BCUT2D eigenvalue weighted by molar-refractivity contribution is 5.93. The van der Waals surface area contributed by atoms with E-state index in [9.17, 15) is 9.59 Å². The number of carbonyl (C=O) groups excluding carboxylic acids is 1. The highest BCUT2D eigenvalue weighted by Gasteiger charge is 2.15. The zero-order valence-electron chi connectivity index (χ0n) is 13.0. The third-order valence-electron chi connectivity index (χ3n) is 3.90. The molecule has 1 saturated heterocycles. The Morgan fingerprint density at radius 1 is 1.30 bits per heavy atom. The van der Waals surface area contributed by atoms with Gasteiger partial charge in [0.05, 0.1) is 6.54 Å². The summed E-state index contributed by atoms with van der Waals surface area (Å²) in [5.41, 5.74) is -0.206. The Labute approximate surface area is 134 Å². The maximum absolute atomic E-state index is 12.1. The Morgan fingerprint density at radius 3 is 2.87 bits per heavy atom. The zero-order valence-corrected chi connectivity index (χ0v) is 13.0. The summed E-state index contributed by atoms with van der Waals surface area (Å²) in [5.74, 6) is 1.01. The molecule has 1 fully saturated rings. The summed E-state index contributed by atoms with van der Waals surface area (Å²) in [6.07, 6.45) is 5.66. The number of hydrogen-bond acceptors (Lipinski definition) is 5. The van der Waals surface area contributed by atoms with Gasteiger partial charge in [-0.25, -0.2) is 9.97 Å². The molecule has 120 valence electrons. The molecule has 1 aliphatic rings. The van der Waals surface area contributed by atoms with Crippen molar-refractivity contribution in [2.24, 2.45) is 7.05 Å². The third-order valence-corrected chi connectivity index (χ3v) is 3.90. The molecular formula is C16H19N5O2. The molecule has 7 nitrogen and oxygen atoms in total. The van der Waals surface area contributed by atoms with Gasteiger partial charge in [-0.2, -0.15) is 0 Å². The van der Waals surface area contributed by atoms with Crippen LogP contribution in [0, 0.1) is 0 Å². The Morgan fingerprint density at radius 2 is 2.09 bits per heavy atom. The van der Waals surface area contributed by atoms with Gasteiger partial charge < -0.3 is 14.8 Å². The normalized spacial score (nSPS) is 14.0. The molecule has 0 unspecified atom stereocenters. The number of rotatable bonds is 4. The van der Waals surface area contributed by atoms with Crippen molar-refractivity contribution in [1.82, 2.24) is 19.9 Å². The van der Waals surface area contributed by atoms with E-state index in [1.165, 1.54) is 23.5 Å². The third kappa shape index (κ3) is 3.39. The molecule has 0 radical (unpaired) electrons. The predicted octanol–water partition coefficient (Wildman–Crippen LogP) is 0.705. The van der Waals surface area contributed by atoms with Gasteiger partial charge in [0.15, 0.2) is 0 Å². The van der Waals surface area contributed by atoms with Crippen molar-refractivity contribution in [3.63, 3.8) is 0 Å². The van der Waals surface area contributed by atoms with Crippen molar-refractivity contribution < 1.29 is 4.79 Å². The van der Waals surface area contributed by atoms with E-state index in [1.54, 1.807) is 25.5 Å². The van der Waals surface area contributed by atoms with Crippen LogP contribution in [0.4, 0.5) is 5.82 Å². The van der Waals surface area contributed by atoms with Gasteiger partial charge in [0.2, 0.25) is 0 Å². The first-order valence-electron chi connectivity index (χ1n) is 7.66. The van der Waals surface area contributed by atoms with Gasteiger partial charge in [-0.15, -0.1) is 0 Å². The van der Waals surface area contributed by atoms with Crippen molar-refractivity contribution >= 4 is 11.7 Å². The van der Waals surface area contributed by atoms with Gasteiger partial charge in [0, 0.05) is 32.5 Å². The van der Waals surface area contributed by atoms with Crippen LogP contribution in [0.2, 0.25) is 0 Å².